The van der Waals surface area contributed by atoms with E-state index in [1.54, 1.807) is 6.07 Å². The van der Waals surface area contributed by atoms with E-state index in [1.165, 1.54) is 0 Å². The molecule has 0 N–H and O–H groups in total. The molecular formula is C21H22N2O3. The van der Waals surface area contributed by atoms with Gasteiger partial charge in [-0.05, 0) is 45.9 Å². The molecule has 0 spiro atoms. The molecule has 0 bridgehead atoms. The molecule has 2 aromatic heterocycles. The highest BCUT2D eigenvalue weighted by molar-refractivity contribution is 6.00. The van der Waals surface area contributed by atoms with Crippen molar-refractivity contribution in [3.8, 4) is 0 Å². The number of nitrogens with zero attached hydrogens (tertiary/aromatic N) is 2. The Morgan fingerprint density at radius 2 is 1.85 bits per heavy atom. The van der Waals surface area contributed by atoms with Gasteiger partial charge in [0.25, 0.3) is 0 Å². The number of carbonyl (C=O) groups is 2. The molecule has 0 saturated heterocycles. The maximum Gasteiger partial charge on any atom is 0.357 e. The molecule has 2 heterocycles. The minimum atomic E-state index is -0.596. The molecule has 0 radical (unpaired) electrons. The van der Waals surface area contributed by atoms with Gasteiger partial charge in [0.1, 0.15) is 5.69 Å². The van der Waals surface area contributed by atoms with Crippen molar-refractivity contribution in [2.45, 2.75) is 33.7 Å². The van der Waals surface area contributed by atoms with Gasteiger partial charge in [-0.1, -0.05) is 24.3 Å². The van der Waals surface area contributed by atoms with Crippen LogP contribution in [0.3, 0.4) is 0 Å². The molecule has 3 rings (SSSR count). The zero-order valence-corrected chi connectivity index (χ0v) is 15.4. The predicted octanol–water partition coefficient (Wildman–Crippen LogP) is 4.27. The monoisotopic (exact) mass is 350 g/mol. The number of ketones is 1. The van der Waals surface area contributed by atoms with E-state index in [4.69, 9.17) is 4.74 Å². The van der Waals surface area contributed by atoms with Crippen LogP contribution in [-0.2, 0) is 4.74 Å². The van der Waals surface area contributed by atoms with Gasteiger partial charge in [-0.2, -0.15) is 0 Å². The van der Waals surface area contributed by atoms with Crippen LogP contribution in [0.5, 0.6) is 0 Å². The lowest BCUT2D eigenvalue weighted by molar-refractivity contribution is 0.0469. The van der Waals surface area contributed by atoms with Crippen molar-refractivity contribution in [1.82, 2.24) is 9.55 Å². The lowest BCUT2D eigenvalue weighted by Crippen LogP contribution is -2.16. The number of benzene rings is 1. The second-order valence-corrected chi connectivity index (χ2v) is 6.64. The number of ether oxygens (including phenoxy) is 1. The first-order chi connectivity index (χ1) is 12.4. The Kier molecular flexibility index (Phi) is 4.89. The second-order valence-electron chi connectivity index (χ2n) is 6.64. The van der Waals surface area contributed by atoms with Gasteiger partial charge < -0.3 is 9.30 Å². The average molecular weight is 350 g/mol. The summed E-state index contributed by atoms with van der Waals surface area (Å²) in [6.07, 6.45) is 0. The predicted molar refractivity (Wildman–Crippen MR) is 101 cm³/mol. The molecule has 134 valence electrons. The number of para-hydroxylation sites is 1. The van der Waals surface area contributed by atoms with Gasteiger partial charge in [0.2, 0.25) is 5.78 Å². The van der Waals surface area contributed by atoms with Crippen LogP contribution in [0.25, 0.3) is 10.9 Å². The zero-order chi connectivity index (χ0) is 18.8. The molecule has 3 aromatic rings. The minimum Gasteiger partial charge on any atom is -0.453 e. The Labute approximate surface area is 152 Å². The van der Waals surface area contributed by atoms with E-state index < -0.39 is 5.97 Å². The maximum atomic E-state index is 12.5. The first-order valence-electron chi connectivity index (χ1n) is 8.63. The van der Waals surface area contributed by atoms with Crippen LogP contribution in [0.4, 0.5) is 0 Å². The highest BCUT2D eigenvalue weighted by Crippen LogP contribution is 2.20. The summed E-state index contributed by atoms with van der Waals surface area (Å²) in [5, 5.41) is 0.946. The summed E-state index contributed by atoms with van der Waals surface area (Å²) in [6, 6.07) is 13.1. The smallest absolute Gasteiger partial charge is 0.357 e. The van der Waals surface area contributed by atoms with Crippen molar-refractivity contribution in [3.05, 3.63) is 65.1 Å². The highest BCUT2D eigenvalue weighted by atomic mass is 16.5. The number of rotatable bonds is 5. The van der Waals surface area contributed by atoms with Crippen LogP contribution in [-0.4, -0.2) is 27.9 Å². The third kappa shape index (κ3) is 3.38. The fourth-order valence-corrected chi connectivity index (χ4v) is 3.32. The molecule has 0 fully saturated rings. The molecule has 0 aliphatic carbocycles. The van der Waals surface area contributed by atoms with E-state index in [-0.39, 0.29) is 24.1 Å². The Hall–Kier alpha value is -2.95. The van der Waals surface area contributed by atoms with Gasteiger partial charge in [0, 0.05) is 28.4 Å². The Morgan fingerprint density at radius 1 is 1.12 bits per heavy atom. The molecule has 0 aliphatic heterocycles. The summed E-state index contributed by atoms with van der Waals surface area (Å²) >= 11 is 0. The van der Waals surface area contributed by atoms with Crippen LogP contribution in [0, 0.1) is 13.8 Å². The summed E-state index contributed by atoms with van der Waals surface area (Å²) < 4.78 is 7.29. The van der Waals surface area contributed by atoms with Crippen LogP contribution in [0.15, 0.2) is 42.5 Å². The molecule has 0 saturated carbocycles. The number of Topliss-reactive ketones (excluding diaryl/α,β-unsaturated/α-hetero) is 1. The summed E-state index contributed by atoms with van der Waals surface area (Å²) in [7, 11) is 0. The van der Waals surface area contributed by atoms with Gasteiger partial charge in [-0.25, -0.2) is 9.78 Å². The number of fused-ring (bicyclic) bond motifs is 1. The molecule has 0 unspecified atom stereocenters. The molecule has 5 heteroatoms. The fraction of sp³-hybridized carbons (Fsp3) is 0.286. The number of aromatic nitrogens is 2. The van der Waals surface area contributed by atoms with E-state index in [0.29, 0.717) is 11.1 Å². The number of carbonyl (C=O) groups excluding carboxylic acids is 2. The van der Waals surface area contributed by atoms with E-state index in [2.05, 4.69) is 23.4 Å². The van der Waals surface area contributed by atoms with Gasteiger partial charge in [0.05, 0.1) is 5.52 Å². The minimum absolute atomic E-state index is 0.198. The number of aryl methyl sites for hydroxylation is 1. The third-order valence-corrected chi connectivity index (χ3v) is 4.44. The van der Waals surface area contributed by atoms with Crippen LogP contribution >= 0.6 is 0 Å². The fourth-order valence-electron chi connectivity index (χ4n) is 3.32. The first-order valence-corrected chi connectivity index (χ1v) is 8.63. The summed E-state index contributed by atoms with van der Waals surface area (Å²) in [5.74, 6) is -0.805. The van der Waals surface area contributed by atoms with Crippen molar-refractivity contribution >= 4 is 22.7 Å². The summed E-state index contributed by atoms with van der Waals surface area (Å²) in [4.78, 5) is 29.0. The van der Waals surface area contributed by atoms with E-state index in [0.717, 1.165) is 16.8 Å². The largest absolute Gasteiger partial charge is 0.453 e. The normalized spacial score (nSPS) is 11.1. The molecule has 0 amide bonds. The molecule has 26 heavy (non-hydrogen) atoms. The van der Waals surface area contributed by atoms with E-state index >= 15 is 0 Å². The first kappa shape index (κ1) is 17.9. The van der Waals surface area contributed by atoms with Crippen molar-refractivity contribution in [2.75, 3.05) is 6.61 Å². The summed E-state index contributed by atoms with van der Waals surface area (Å²) in [6.45, 7) is 7.72. The standard InChI is InChI=1S/C21H22N2O3/c1-13(2)23-14(3)11-17(15(23)4)20(24)12-26-21(25)19-10-9-16-7-5-6-8-18(16)22-19/h5-11,13H,12H2,1-4H3. The lowest BCUT2D eigenvalue weighted by Gasteiger charge is -2.13. The molecular weight excluding hydrogens is 328 g/mol. The molecule has 0 atom stereocenters. The van der Waals surface area contributed by atoms with Crippen LogP contribution in [0.1, 0.15) is 52.1 Å². The summed E-state index contributed by atoms with van der Waals surface area (Å²) in [5.41, 5.74) is 3.42. The van der Waals surface area contributed by atoms with Gasteiger partial charge >= 0.3 is 5.97 Å². The van der Waals surface area contributed by atoms with Crippen molar-refractivity contribution in [1.29, 1.82) is 0 Å². The molecule has 0 aliphatic rings. The Balaban J connectivity index is 1.72. The van der Waals surface area contributed by atoms with Gasteiger partial charge in [-0.3, -0.25) is 4.79 Å². The topological polar surface area (TPSA) is 61.2 Å². The highest BCUT2D eigenvalue weighted by Gasteiger charge is 2.19. The van der Waals surface area contributed by atoms with Crippen molar-refractivity contribution in [2.24, 2.45) is 0 Å². The number of pyridine rings is 1. The zero-order valence-electron chi connectivity index (χ0n) is 15.4. The molecule has 5 nitrogen and oxygen atoms in total. The molecule has 1 aromatic carbocycles. The van der Waals surface area contributed by atoms with Crippen molar-refractivity contribution < 1.29 is 14.3 Å². The number of hydrogen-bond acceptors (Lipinski definition) is 4. The lowest BCUT2D eigenvalue weighted by atomic mass is 10.1. The third-order valence-electron chi connectivity index (χ3n) is 4.44. The SMILES string of the molecule is Cc1cc(C(=O)COC(=O)c2ccc3ccccc3n2)c(C)n1C(C)C. The Morgan fingerprint density at radius 3 is 2.54 bits per heavy atom. The van der Waals surface area contributed by atoms with Gasteiger partial charge in [0.15, 0.2) is 6.61 Å². The van der Waals surface area contributed by atoms with Gasteiger partial charge in [-0.15, -0.1) is 0 Å². The van der Waals surface area contributed by atoms with Crippen LogP contribution < -0.4 is 0 Å². The maximum absolute atomic E-state index is 12.5. The van der Waals surface area contributed by atoms with Crippen molar-refractivity contribution in [3.63, 3.8) is 0 Å². The van der Waals surface area contributed by atoms with E-state index in [1.807, 2.05) is 50.2 Å². The van der Waals surface area contributed by atoms with Crippen LogP contribution in [0.2, 0.25) is 0 Å². The second kappa shape index (κ2) is 7.12. The van der Waals surface area contributed by atoms with E-state index in [9.17, 15) is 9.59 Å². The number of hydrogen-bond donors (Lipinski definition) is 0. The number of esters is 1. The Bertz CT molecular complexity index is 986. The quantitative estimate of drug-likeness (QED) is 0.509. The average Bonchev–Trinajstić information content (AvgIpc) is 2.93.